The Kier molecular flexibility index (Phi) is 1.66. The maximum absolute atomic E-state index is 3.47. The van der Waals surface area contributed by atoms with Crippen LogP contribution in [-0.4, -0.2) is 0 Å². The van der Waals surface area contributed by atoms with E-state index in [0.717, 1.165) is 9.86 Å². The highest BCUT2D eigenvalue weighted by Crippen LogP contribution is 2.22. The van der Waals surface area contributed by atoms with E-state index < -0.39 is 0 Å². The van der Waals surface area contributed by atoms with Crippen molar-refractivity contribution in [1.29, 1.82) is 0 Å². The predicted octanol–water partition coefficient (Wildman–Crippen LogP) is 3.40. The quantitative estimate of drug-likeness (QED) is 0.619. The first-order valence-electron chi connectivity index (χ1n) is 3.43. The molecule has 1 heteroatoms. The van der Waals surface area contributed by atoms with E-state index in [9.17, 15) is 0 Å². The van der Waals surface area contributed by atoms with E-state index in [-0.39, 0.29) is 0 Å². The van der Waals surface area contributed by atoms with Gasteiger partial charge in [-0.2, -0.15) is 0 Å². The normalized spacial score (nSPS) is 10.3. The molecule has 0 fully saturated rings. The molecule has 0 saturated carbocycles. The first kappa shape index (κ1) is 6.86. The van der Waals surface area contributed by atoms with Gasteiger partial charge < -0.3 is 0 Å². The second-order valence-corrected chi connectivity index (χ2v) is 3.23. The van der Waals surface area contributed by atoms with E-state index in [1.54, 1.807) is 0 Å². The number of halogens is 1. The fourth-order valence-electron chi connectivity index (χ4n) is 1.12. The van der Waals surface area contributed by atoms with Crippen molar-refractivity contribution >= 4 is 26.7 Å². The highest BCUT2D eigenvalue weighted by molar-refractivity contribution is 9.10. The zero-order chi connectivity index (χ0) is 7.68. The van der Waals surface area contributed by atoms with E-state index in [1.165, 1.54) is 5.39 Å². The Morgan fingerprint density at radius 1 is 1.09 bits per heavy atom. The topological polar surface area (TPSA) is 0 Å². The van der Waals surface area contributed by atoms with Crippen molar-refractivity contribution in [2.75, 3.05) is 0 Å². The minimum Gasteiger partial charge on any atom is -0.0610 e. The predicted molar refractivity (Wildman–Crippen MR) is 50.5 cm³/mol. The third-order valence-corrected chi connectivity index (χ3v) is 2.31. The van der Waals surface area contributed by atoms with Crippen molar-refractivity contribution < 1.29 is 0 Å². The smallest absolute Gasteiger partial charge is 0.0259 e. The van der Waals surface area contributed by atoms with Crippen LogP contribution in [0.1, 0.15) is 0 Å². The van der Waals surface area contributed by atoms with Gasteiger partial charge in [0.05, 0.1) is 0 Å². The molecule has 1 radical (unpaired) electrons. The standard InChI is InChI=1S/C10H6Br/c11-10-7-3-5-8-4-1-2-6-9(8)10/h1-5,7H. The lowest BCUT2D eigenvalue weighted by Gasteiger charge is -1.96. The maximum Gasteiger partial charge on any atom is 0.0259 e. The molecule has 2 aromatic rings. The summed E-state index contributed by atoms with van der Waals surface area (Å²) in [6, 6.07) is 15.3. The van der Waals surface area contributed by atoms with E-state index >= 15 is 0 Å². The summed E-state index contributed by atoms with van der Waals surface area (Å²) in [5.74, 6) is 0. The molecule has 11 heavy (non-hydrogen) atoms. The Labute approximate surface area is 74.0 Å². The molecule has 0 N–H and O–H groups in total. The lowest BCUT2D eigenvalue weighted by molar-refractivity contribution is 1.70. The van der Waals surface area contributed by atoms with Crippen LogP contribution in [0.2, 0.25) is 0 Å². The van der Waals surface area contributed by atoms with Gasteiger partial charge in [0.25, 0.3) is 0 Å². The van der Waals surface area contributed by atoms with Crippen molar-refractivity contribution in [2.45, 2.75) is 0 Å². The highest BCUT2D eigenvalue weighted by Gasteiger charge is 1.94. The molecular weight excluding hydrogens is 200 g/mol. The second kappa shape index (κ2) is 2.67. The number of rotatable bonds is 0. The largest absolute Gasteiger partial charge is 0.0610 e. The van der Waals surface area contributed by atoms with Crippen molar-refractivity contribution in [1.82, 2.24) is 0 Å². The highest BCUT2D eigenvalue weighted by atomic mass is 79.9. The molecule has 0 amide bonds. The van der Waals surface area contributed by atoms with Gasteiger partial charge in [-0.15, -0.1) is 0 Å². The van der Waals surface area contributed by atoms with Crippen LogP contribution in [0.4, 0.5) is 0 Å². The molecule has 2 rings (SSSR count). The molecule has 2 aromatic carbocycles. The lowest BCUT2D eigenvalue weighted by atomic mass is 10.1. The first-order valence-corrected chi connectivity index (χ1v) is 4.22. The molecule has 53 valence electrons. The average molecular weight is 206 g/mol. The molecule has 0 nitrogen and oxygen atoms in total. The summed E-state index contributed by atoms with van der Waals surface area (Å²) >= 11 is 3.47. The molecule has 0 aliphatic rings. The van der Waals surface area contributed by atoms with Gasteiger partial charge in [-0.05, 0) is 17.5 Å². The van der Waals surface area contributed by atoms with Crippen LogP contribution in [0.25, 0.3) is 10.8 Å². The van der Waals surface area contributed by atoms with Crippen LogP contribution < -0.4 is 0 Å². The van der Waals surface area contributed by atoms with Crippen LogP contribution in [0.15, 0.2) is 40.9 Å². The van der Waals surface area contributed by atoms with Crippen LogP contribution in [0, 0.1) is 6.07 Å². The Hall–Kier alpha value is -0.820. The molecule has 0 aliphatic heterocycles. The van der Waals surface area contributed by atoms with Crippen molar-refractivity contribution in [3.8, 4) is 0 Å². The minimum absolute atomic E-state index is 1.11. The number of hydrogen-bond acceptors (Lipinski definition) is 0. The molecule has 0 saturated heterocycles. The summed E-state index contributed by atoms with van der Waals surface area (Å²) in [6.45, 7) is 0. The third-order valence-electron chi connectivity index (χ3n) is 1.65. The van der Waals surface area contributed by atoms with Gasteiger partial charge in [0.15, 0.2) is 0 Å². The van der Waals surface area contributed by atoms with Gasteiger partial charge in [-0.25, -0.2) is 0 Å². The molecular formula is C10H6Br. The van der Waals surface area contributed by atoms with E-state index in [0.29, 0.717) is 0 Å². The van der Waals surface area contributed by atoms with Gasteiger partial charge in [-0.1, -0.05) is 46.3 Å². The van der Waals surface area contributed by atoms with Crippen molar-refractivity contribution in [3.05, 3.63) is 46.9 Å². The summed E-state index contributed by atoms with van der Waals surface area (Å²) in [5, 5.41) is 2.37. The SMILES string of the molecule is Brc1cccc2ccc[c]c12. The minimum atomic E-state index is 1.11. The van der Waals surface area contributed by atoms with E-state index in [2.05, 4.69) is 34.1 Å². The van der Waals surface area contributed by atoms with Crippen LogP contribution in [0.5, 0.6) is 0 Å². The Morgan fingerprint density at radius 3 is 2.73 bits per heavy atom. The fourth-order valence-corrected chi connectivity index (χ4v) is 1.61. The fraction of sp³-hybridized carbons (Fsp3) is 0. The number of benzene rings is 2. The first-order chi connectivity index (χ1) is 5.38. The molecule has 0 aliphatic carbocycles. The summed E-state index contributed by atoms with van der Waals surface area (Å²) in [4.78, 5) is 0. The van der Waals surface area contributed by atoms with Crippen LogP contribution >= 0.6 is 15.9 Å². The Bertz CT molecular complexity index is 374. The lowest BCUT2D eigenvalue weighted by Crippen LogP contribution is -1.71. The van der Waals surface area contributed by atoms with E-state index in [4.69, 9.17) is 0 Å². The summed E-state index contributed by atoms with van der Waals surface area (Å²) in [5.41, 5.74) is 0. The third kappa shape index (κ3) is 1.16. The maximum atomic E-state index is 3.47. The van der Waals surface area contributed by atoms with Crippen LogP contribution in [-0.2, 0) is 0 Å². The van der Waals surface area contributed by atoms with E-state index in [1.807, 2.05) is 24.3 Å². The monoisotopic (exact) mass is 205 g/mol. The summed E-state index contributed by atoms with van der Waals surface area (Å²) in [7, 11) is 0. The zero-order valence-corrected chi connectivity index (χ0v) is 7.43. The van der Waals surface area contributed by atoms with Crippen molar-refractivity contribution in [2.24, 2.45) is 0 Å². The summed E-state index contributed by atoms with van der Waals surface area (Å²) in [6.07, 6.45) is 0. The molecule has 0 atom stereocenters. The van der Waals surface area contributed by atoms with Gasteiger partial charge >= 0.3 is 0 Å². The second-order valence-electron chi connectivity index (χ2n) is 2.37. The Balaban J connectivity index is 2.91. The molecule has 0 aromatic heterocycles. The average Bonchev–Trinajstić information content (AvgIpc) is 2.06. The van der Waals surface area contributed by atoms with Gasteiger partial charge in [0.1, 0.15) is 0 Å². The molecule has 0 heterocycles. The molecule has 0 bridgehead atoms. The summed E-state index contributed by atoms with van der Waals surface area (Å²) < 4.78 is 1.11. The van der Waals surface area contributed by atoms with Gasteiger partial charge in [0.2, 0.25) is 0 Å². The number of hydrogen-bond donors (Lipinski definition) is 0. The van der Waals surface area contributed by atoms with Gasteiger partial charge in [-0.3, -0.25) is 0 Å². The Morgan fingerprint density at radius 2 is 1.91 bits per heavy atom. The number of fused-ring (bicyclic) bond motifs is 1. The van der Waals surface area contributed by atoms with Gasteiger partial charge in [0, 0.05) is 9.86 Å². The molecule has 0 unspecified atom stereocenters. The zero-order valence-electron chi connectivity index (χ0n) is 5.84. The van der Waals surface area contributed by atoms with Crippen molar-refractivity contribution in [3.63, 3.8) is 0 Å². The van der Waals surface area contributed by atoms with Crippen LogP contribution in [0.3, 0.4) is 0 Å². The molecule has 0 spiro atoms.